The normalized spacial score (nSPS) is 17.6. The van der Waals surface area contributed by atoms with E-state index in [0.29, 0.717) is 42.5 Å². The molecule has 0 radical (unpaired) electrons. The third-order valence-corrected chi connectivity index (χ3v) is 10.8. The van der Waals surface area contributed by atoms with Gasteiger partial charge in [0, 0.05) is 36.8 Å². The Morgan fingerprint density at radius 2 is 1.53 bits per heavy atom. The number of rotatable bonds is 10. The SMILES string of the molecule is COC(=O)N[C@H](C(=O)N1CCC[C@H]1c1nc2ccc(C#Cc3ccc(-c4nc([C@@H]5CCCN5C(=O)[C@H](C(C)C)N(C)C(=O)O)[nH]c4CC#N)cc3)cc2[nH]1)C(C)C. The first-order valence-corrected chi connectivity index (χ1v) is 19.3. The van der Waals surface area contributed by atoms with Crippen molar-refractivity contribution in [2.24, 2.45) is 11.8 Å². The van der Waals surface area contributed by atoms with Crippen molar-refractivity contribution in [1.29, 1.82) is 5.26 Å². The number of aromatic amines is 2. The van der Waals surface area contributed by atoms with Gasteiger partial charge in [-0.3, -0.25) is 14.5 Å². The third kappa shape index (κ3) is 8.58. The number of benzene rings is 2. The van der Waals surface area contributed by atoms with E-state index in [1.54, 1.807) is 9.80 Å². The van der Waals surface area contributed by atoms with Crippen molar-refractivity contribution >= 4 is 35.0 Å². The molecule has 4 atom stereocenters. The topological polar surface area (TPSA) is 201 Å². The number of likely N-dealkylation sites (tertiary alicyclic amines) is 2. The van der Waals surface area contributed by atoms with Crippen molar-refractivity contribution < 1.29 is 29.0 Å². The van der Waals surface area contributed by atoms with E-state index in [-0.39, 0.29) is 42.2 Å². The summed E-state index contributed by atoms with van der Waals surface area (Å²) in [6.45, 7) is 8.49. The highest BCUT2D eigenvalue weighted by atomic mass is 16.5. The number of nitrogens with one attached hydrogen (secondary N) is 3. The van der Waals surface area contributed by atoms with Crippen LogP contribution in [0.5, 0.6) is 0 Å². The number of carboxylic acid groups (broad SMARTS) is 1. The van der Waals surface area contributed by atoms with Gasteiger partial charge in [-0.15, -0.1) is 0 Å². The molecule has 0 unspecified atom stereocenters. The van der Waals surface area contributed by atoms with E-state index in [1.807, 2.05) is 70.2 Å². The maximum Gasteiger partial charge on any atom is 0.407 e. The number of H-pyrrole nitrogens is 2. The van der Waals surface area contributed by atoms with E-state index in [0.717, 1.165) is 51.9 Å². The Bertz CT molecular complexity index is 2240. The second-order valence-corrected chi connectivity index (χ2v) is 15.3. The Morgan fingerprint density at radius 3 is 2.12 bits per heavy atom. The monoisotopic (exact) mass is 775 g/mol. The lowest BCUT2D eigenvalue weighted by Crippen LogP contribution is -2.51. The summed E-state index contributed by atoms with van der Waals surface area (Å²) in [5.41, 5.74) is 5.17. The minimum absolute atomic E-state index is 0.0961. The van der Waals surface area contributed by atoms with E-state index in [9.17, 15) is 29.5 Å². The third-order valence-electron chi connectivity index (χ3n) is 10.8. The summed E-state index contributed by atoms with van der Waals surface area (Å²) in [5.74, 6) is 6.94. The lowest BCUT2D eigenvalue weighted by molar-refractivity contribution is -0.138. The standard InChI is InChI=1S/C42H49N9O6/c1-24(2)34(48-41(54)57-6)39(52)50-21-7-9-32(50)37-44-29-18-15-27(23-31(29)46-37)12-11-26-13-16-28(17-14-26)35-30(19-20-43)45-38(47-35)33-10-8-22-51(33)40(53)36(25(3)4)49(5)42(55)56/h13-18,23-25,32-34,36H,7-10,19,21-22H2,1-6H3,(H,44,46)(H,45,47)(H,48,54)(H,55,56)/t32-,33-,34-,36-/m0/s1. The summed E-state index contributed by atoms with van der Waals surface area (Å²) in [7, 11) is 2.69. The number of nitriles is 1. The van der Waals surface area contributed by atoms with Crippen LogP contribution >= 0.6 is 0 Å². The first kappa shape index (κ1) is 40.3. The Kier molecular flexibility index (Phi) is 12.2. The number of hydrogen-bond donors (Lipinski definition) is 4. The summed E-state index contributed by atoms with van der Waals surface area (Å²) in [4.78, 5) is 72.0. The van der Waals surface area contributed by atoms with Crippen LogP contribution in [0.15, 0.2) is 42.5 Å². The summed E-state index contributed by atoms with van der Waals surface area (Å²) in [6.07, 6.45) is 1.28. The lowest BCUT2D eigenvalue weighted by atomic mass is 10.0. The molecular formula is C42H49N9O6. The zero-order valence-electron chi connectivity index (χ0n) is 33.1. The van der Waals surface area contributed by atoms with Gasteiger partial charge >= 0.3 is 12.2 Å². The molecule has 2 saturated heterocycles. The molecule has 298 valence electrons. The van der Waals surface area contributed by atoms with E-state index >= 15 is 0 Å². The van der Waals surface area contributed by atoms with Crippen molar-refractivity contribution in [3.8, 4) is 29.2 Å². The molecule has 6 rings (SSSR count). The Balaban J connectivity index is 1.18. The first-order chi connectivity index (χ1) is 27.3. The largest absolute Gasteiger partial charge is 0.465 e. The molecule has 0 bridgehead atoms. The number of ether oxygens (including phenoxy) is 1. The Labute approximate surface area is 331 Å². The maximum atomic E-state index is 13.7. The van der Waals surface area contributed by atoms with Crippen LogP contribution < -0.4 is 5.32 Å². The molecule has 2 aliphatic rings. The number of amides is 4. The van der Waals surface area contributed by atoms with Gasteiger partial charge < -0.3 is 34.9 Å². The molecule has 4 heterocycles. The quantitative estimate of drug-likeness (QED) is 0.145. The Morgan fingerprint density at radius 1 is 0.912 bits per heavy atom. The van der Waals surface area contributed by atoms with Gasteiger partial charge in [-0.05, 0) is 67.9 Å². The average molecular weight is 776 g/mol. The Hall–Kier alpha value is -6.35. The minimum Gasteiger partial charge on any atom is -0.465 e. The van der Waals surface area contributed by atoms with Crippen LogP contribution in [0.1, 0.15) is 93.9 Å². The van der Waals surface area contributed by atoms with Gasteiger partial charge in [-0.2, -0.15) is 5.26 Å². The number of imidazole rings is 2. The highest BCUT2D eigenvalue weighted by Crippen LogP contribution is 2.35. The lowest BCUT2D eigenvalue weighted by Gasteiger charge is -2.33. The number of methoxy groups -OCH3 is 1. The summed E-state index contributed by atoms with van der Waals surface area (Å²) in [6, 6.07) is 13.4. The van der Waals surface area contributed by atoms with Crippen molar-refractivity contribution in [1.82, 2.24) is 40.0 Å². The van der Waals surface area contributed by atoms with Crippen LogP contribution in [0.4, 0.5) is 9.59 Å². The van der Waals surface area contributed by atoms with Gasteiger partial charge in [-0.1, -0.05) is 51.7 Å². The van der Waals surface area contributed by atoms with E-state index in [1.165, 1.54) is 14.2 Å². The van der Waals surface area contributed by atoms with Crippen molar-refractivity contribution in [3.63, 3.8) is 0 Å². The molecule has 4 N–H and O–H groups in total. The number of fused-ring (bicyclic) bond motifs is 1. The minimum atomic E-state index is -1.16. The number of likely N-dealkylation sites (N-methyl/N-ethyl adjacent to an activating group) is 1. The first-order valence-electron chi connectivity index (χ1n) is 19.3. The summed E-state index contributed by atoms with van der Waals surface area (Å²) >= 11 is 0. The van der Waals surface area contributed by atoms with Crippen LogP contribution in [0, 0.1) is 35.0 Å². The highest BCUT2D eigenvalue weighted by molar-refractivity contribution is 5.87. The van der Waals surface area contributed by atoms with Crippen LogP contribution in [-0.4, -0.2) is 103 Å². The van der Waals surface area contributed by atoms with Gasteiger partial charge in [0.25, 0.3) is 0 Å². The van der Waals surface area contributed by atoms with Crippen LogP contribution in [0.3, 0.4) is 0 Å². The fourth-order valence-electron chi connectivity index (χ4n) is 7.85. The second kappa shape index (κ2) is 17.2. The molecule has 57 heavy (non-hydrogen) atoms. The fourth-order valence-corrected chi connectivity index (χ4v) is 7.85. The van der Waals surface area contributed by atoms with Crippen molar-refractivity contribution in [2.75, 3.05) is 27.2 Å². The molecule has 15 heteroatoms. The number of aromatic nitrogens is 4. The number of carbonyl (C=O) groups is 4. The van der Waals surface area contributed by atoms with Crippen LogP contribution in [-0.2, 0) is 20.7 Å². The molecule has 2 aliphatic heterocycles. The smallest absolute Gasteiger partial charge is 0.407 e. The molecule has 2 fully saturated rings. The van der Waals surface area contributed by atoms with E-state index in [4.69, 9.17) is 14.7 Å². The second-order valence-electron chi connectivity index (χ2n) is 15.3. The molecule has 0 saturated carbocycles. The molecule has 0 spiro atoms. The van der Waals surface area contributed by atoms with Crippen molar-refractivity contribution in [2.45, 2.75) is 84.0 Å². The predicted octanol–water partition coefficient (Wildman–Crippen LogP) is 5.76. The predicted molar refractivity (Wildman–Crippen MR) is 211 cm³/mol. The molecule has 2 aromatic heterocycles. The van der Waals surface area contributed by atoms with Crippen LogP contribution in [0.2, 0.25) is 0 Å². The van der Waals surface area contributed by atoms with Crippen molar-refractivity contribution in [3.05, 3.63) is 70.9 Å². The molecular weight excluding hydrogens is 727 g/mol. The number of hydrogen-bond acceptors (Lipinski definition) is 8. The summed E-state index contributed by atoms with van der Waals surface area (Å²) < 4.78 is 4.75. The molecule has 4 aromatic rings. The van der Waals surface area contributed by atoms with E-state index in [2.05, 4.69) is 33.2 Å². The van der Waals surface area contributed by atoms with Gasteiger partial charge in [0.2, 0.25) is 11.8 Å². The molecule has 2 aromatic carbocycles. The van der Waals surface area contributed by atoms with Crippen LogP contribution in [0.25, 0.3) is 22.3 Å². The number of carbonyl (C=O) groups excluding carboxylic acids is 3. The molecule has 0 aliphatic carbocycles. The average Bonchev–Trinajstić information content (AvgIpc) is 4.01. The zero-order chi connectivity index (χ0) is 41.0. The summed E-state index contributed by atoms with van der Waals surface area (Å²) in [5, 5.41) is 21.9. The molecule has 4 amide bonds. The van der Waals surface area contributed by atoms with Gasteiger partial charge in [-0.25, -0.2) is 19.6 Å². The maximum absolute atomic E-state index is 13.7. The number of nitrogens with zero attached hydrogens (tertiary/aromatic N) is 6. The zero-order valence-corrected chi connectivity index (χ0v) is 33.1. The van der Waals surface area contributed by atoms with Gasteiger partial charge in [0.1, 0.15) is 23.7 Å². The number of alkyl carbamates (subject to hydrolysis) is 1. The highest BCUT2D eigenvalue weighted by Gasteiger charge is 2.40. The van der Waals surface area contributed by atoms with Gasteiger partial charge in [0.15, 0.2) is 0 Å². The molecule has 15 nitrogen and oxygen atoms in total. The fraction of sp³-hybridized carbons (Fsp3) is 0.452. The van der Waals surface area contributed by atoms with Gasteiger partial charge in [0.05, 0.1) is 54.1 Å². The van der Waals surface area contributed by atoms with E-state index < -0.39 is 24.3 Å².